The fourth-order valence-electron chi connectivity index (χ4n) is 2.91. The van der Waals surface area contributed by atoms with Crippen LogP contribution in [-0.4, -0.2) is 47.0 Å². The fraction of sp³-hybridized carbons (Fsp3) is 0.562. The molecule has 1 heterocycles. The molecule has 0 radical (unpaired) electrons. The topological polar surface area (TPSA) is 32.5 Å². The van der Waals surface area contributed by atoms with Crippen molar-refractivity contribution in [3.8, 4) is 0 Å². The number of hydrogen-bond acceptors (Lipinski definition) is 3. The van der Waals surface area contributed by atoms with Gasteiger partial charge in [-0.2, -0.15) is 0 Å². The molecule has 110 valence electrons. The smallest absolute Gasteiger partial charge is 0.103 e. The van der Waals surface area contributed by atoms with Crippen LogP contribution >= 0.6 is 12.2 Å². The van der Waals surface area contributed by atoms with Crippen molar-refractivity contribution in [2.45, 2.75) is 39.4 Å². The minimum Gasteiger partial charge on any atom is -0.389 e. The van der Waals surface area contributed by atoms with Gasteiger partial charge in [0.2, 0.25) is 0 Å². The van der Waals surface area contributed by atoms with Gasteiger partial charge in [-0.1, -0.05) is 24.4 Å². The molecular weight excluding hydrogens is 266 g/mol. The number of nitrogens with zero attached hydrogens (tertiary/aromatic N) is 2. The molecule has 0 amide bonds. The van der Waals surface area contributed by atoms with E-state index in [9.17, 15) is 0 Å². The Balaban J connectivity index is 2.09. The molecule has 0 saturated carbocycles. The highest BCUT2D eigenvalue weighted by molar-refractivity contribution is 7.80. The second-order valence-corrected chi connectivity index (χ2v) is 6.50. The van der Waals surface area contributed by atoms with Crippen molar-refractivity contribution in [1.82, 2.24) is 9.80 Å². The van der Waals surface area contributed by atoms with E-state index in [4.69, 9.17) is 18.0 Å². The first-order valence-corrected chi connectivity index (χ1v) is 7.63. The number of nitrogens with two attached hydrogens (primary N) is 1. The molecule has 2 rings (SSSR count). The summed E-state index contributed by atoms with van der Waals surface area (Å²) in [5.41, 5.74) is 9.29. The van der Waals surface area contributed by atoms with Crippen molar-refractivity contribution in [2.24, 2.45) is 5.73 Å². The minimum absolute atomic E-state index is 0.474. The van der Waals surface area contributed by atoms with Crippen LogP contribution in [-0.2, 0) is 6.54 Å². The zero-order chi connectivity index (χ0) is 14.9. The molecule has 1 fully saturated rings. The molecule has 1 aliphatic rings. The van der Waals surface area contributed by atoms with Crippen LogP contribution in [0.3, 0.4) is 0 Å². The highest BCUT2D eigenvalue weighted by atomic mass is 32.1. The Hall–Kier alpha value is -0.970. The Morgan fingerprint density at radius 3 is 2.40 bits per heavy atom. The fourth-order valence-corrected chi connectivity index (χ4v) is 3.04. The molecular formula is C16H25N3S. The molecule has 1 saturated heterocycles. The quantitative estimate of drug-likeness (QED) is 0.865. The zero-order valence-corrected chi connectivity index (χ0v) is 13.7. The number of benzene rings is 1. The lowest BCUT2D eigenvalue weighted by molar-refractivity contribution is 0.0555. The predicted molar refractivity (Wildman–Crippen MR) is 89.0 cm³/mol. The Morgan fingerprint density at radius 2 is 1.90 bits per heavy atom. The van der Waals surface area contributed by atoms with E-state index in [0.717, 1.165) is 25.2 Å². The zero-order valence-electron chi connectivity index (χ0n) is 12.9. The van der Waals surface area contributed by atoms with E-state index in [-0.39, 0.29) is 0 Å². The predicted octanol–water partition coefficient (Wildman–Crippen LogP) is 2.15. The first-order valence-electron chi connectivity index (χ1n) is 7.22. The largest absolute Gasteiger partial charge is 0.389 e. The summed E-state index contributed by atoms with van der Waals surface area (Å²) in [5, 5.41) is 0. The van der Waals surface area contributed by atoms with Gasteiger partial charge < -0.3 is 5.73 Å². The molecule has 2 atom stereocenters. The average molecular weight is 291 g/mol. The molecule has 3 nitrogen and oxygen atoms in total. The Kier molecular flexibility index (Phi) is 4.78. The number of thiocarbonyl (C=S) groups is 1. The number of aryl methyl sites for hydroxylation is 1. The third kappa shape index (κ3) is 3.37. The highest BCUT2D eigenvalue weighted by Gasteiger charge is 2.26. The Morgan fingerprint density at radius 1 is 1.30 bits per heavy atom. The van der Waals surface area contributed by atoms with E-state index in [1.165, 1.54) is 11.1 Å². The molecule has 0 bridgehead atoms. The first-order chi connectivity index (χ1) is 9.38. The Labute approximate surface area is 127 Å². The molecule has 20 heavy (non-hydrogen) atoms. The van der Waals surface area contributed by atoms with Gasteiger partial charge in [-0.15, -0.1) is 0 Å². The van der Waals surface area contributed by atoms with E-state index < -0.39 is 0 Å². The van der Waals surface area contributed by atoms with Gasteiger partial charge in [-0.05, 0) is 45.0 Å². The van der Waals surface area contributed by atoms with E-state index in [1.54, 1.807) is 0 Å². The number of hydrogen-bond donors (Lipinski definition) is 1. The summed E-state index contributed by atoms with van der Waals surface area (Å²) in [6.45, 7) is 9.98. The maximum absolute atomic E-state index is 5.68. The summed E-state index contributed by atoms with van der Waals surface area (Å²) in [4.78, 5) is 5.47. The lowest BCUT2D eigenvalue weighted by Crippen LogP contribution is -2.54. The average Bonchev–Trinajstić information content (AvgIpc) is 2.38. The van der Waals surface area contributed by atoms with Gasteiger partial charge in [-0.3, -0.25) is 9.80 Å². The van der Waals surface area contributed by atoms with Crippen LogP contribution in [0.2, 0.25) is 0 Å². The normalized spacial score (nSPS) is 24.8. The second kappa shape index (κ2) is 6.20. The van der Waals surface area contributed by atoms with Crippen molar-refractivity contribution in [3.05, 3.63) is 34.9 Å². The highest BCUT2D eigenvalue weighted by Crippen LogP contribution is 2.18. The van der Waals surface area contributed by atoms with Crippen molar-refractivity contribution in [3.63, 3.8) is 0 Å². The van der Waals surface area contributed by atoms with Crippen molar-refractivity contribution in [2.75, 3.05) is 20.1 Å². The van der Waals surface area contributed by atoms with E-state index in [0.29, 0.717) is 17.1 Å². The SMILES string of the molecule is Cc1cc(C(N)=S)ccc1CN1CC(C)N(C)C(C)C1. The maximum Gasteiger partial charge on any atom is 0.103 e. The van der Waals surface area contributed by atoms with Crippen molar-refractivity contribution < 1.29 is 0 Å². The molecule has 0 aliphatic carbocycles. The van der Waals surface area contributed by atoms with Crippen LogP contribution in [0.25, 0.3) is 0 Å². The number of rotatable bonds is 3. The third-order valence-corrected chi connectivity index (χ3v) is 4.69. The van der Waals surface area contributed by atoms with Gasteiger partial charge in [0, 0.05) is 37.3 Å². The Bertz CT molecular complexity index is 488. The van der Waals surface area contributed by atoms with E-state index in [1.807, 2.05) is 6.07 Å². The summed E-state index contributed by atoms with van der Waals surface area (Å²) in [5.74, 6) is 0. The van der Waals surface area contributed by atoms with Crippen LogP contribution in [0.15, 0.2) is 18.2 Å². The molecule has 1 aromatic rings. The maximum atomic E-state index is 5.68. The molecule has 0 spiro atoms. The van der Waals surface area contributed by atoms with Crippen LogP contribution in [0, 0.1) is 6.92 Å². The number of likely N-dealkylation sites (N-methyl/N-ethyl adjacent to an activating group) is 1. The minimum atomic E-state index is 0.474. The van der Waals surface area contributed by atoms with Crippen LogP contribution in [0.5, 0.6) is 0 Å². The van der Waals surface area contributed by atoms with Gasteiger partial charge in [0.25, 0.3) is 0 Å². The lowest BCUT2D eigenvalue weighted by atomic mass is 10.0. The van der Waals surface area contributed by atoms with Gasteiger partial charge in [0.05, 0.1) is 0 Å². The second-order valence-electron chi connectivity index (χ2n) is 6.06. The first kappa shape index (κ1) is 15.4. The van der Waals surface area contributed by atoms with Crippen LogP contribution < -0.4 is 5.73 Å². The summed E-state index contributed by atoms with van der Waals surface area (Å²) in [7, 11) is 2.22. The lowest BCUT2D eigenvalue weighted by Gasteiger charge is -2.42. The third-order valence-electron chi connectivity index (χ3n) is 4.46. The molecule has 2 N–H and O–H groups in total. The summed E-state index contributed by atoms with van der Waals surface area (Å²) in [6.07, 6.45) is 0. The molecule has 1 aliphatic heterocycles. The molecule has 4 heteroatoms. The van der Waals surface area contributed by atoms with Gasteiger partial charge >= 0.3 is 0 Å². The molecule has 0 aromatic heterocycles. The van der Waals surface area contributed by atoms with Crippen molar-refractivity contribution >= 4 is 17.2 Å². The van der Waals surface area contributed by atoms with Gasteiger partial charge in [-0.25, -0.2) is 0 Å². The molecule has 2 unspecified atom stereocenters. The standard InChI is InChI=1S/C16H25N3S/c1-11-7-14(16(17)20)5-6-15(11)10-19-8-12(2)18(4)13(3)9-19/h5-7,12-13H,8-10H2,1-4H3,(H2,17,20). The van der Waals surface area contributed by atoms with Gasteiger partial charge in [0.15, 0.2) is 0 Å². The summed E-state index contributed by atoms with van der Waals surface area (Å²) >= 11 is 5.03. The summed E-state index contributed by atoms with van der Waals surface area (Å²) in [6, 6.07) is 7.51. The van der Waals surface area contributed by atoms with E-state index >= 15 is 0 Å². The van der Waals surface area contributed by atoms with Crippen LogP contribution in [0.4, 0.5) is 0 Å². The summed E-state index contributed by atoms with van der Waals surface area (Å²) < 4.78 is 0. The monoisotopic (exact) mass is 291 g/mol. The van der Waals surface area contributed by atoms with Crippen LogP contribution in [0.1, 0.15) is 30.5 Å². The van der Waals surface area contributed by atoms with Crippen molar-refractivity contribution in [1.29, 1.82) is 0 Å². The molecule has 1 aromatic carbocycles. The van der Waals surface area contributed by atoms with E-state index in [2.05, 4.69) is 49.8 Å². The number of piperazine rings is 1. The van der Waals surface area contributed by atoms with Gasteiger partial charge in [0.1, 0.15) is 4.99 Å².